The summed E-state index contributed by atoms with van der Waals surface area (Å²) in [5.41, 5.74) is 0.0615. The molecule has 0 aliphatic carbocycles. The number of hydrogen-bond donors (Lipinski definition) is 1. The molecule has 10 heteroatoms. The summed E-state index contributed by atoms with van der Waals surface area (Å²) >= 11 is 0. The van der Waals surface area contributed by atoms with Gasteiger partial charge in [-0.15, -0.1) is 0 Å². The van der Waals surface area contributed by atoms with Gasteiger partial charge in [0.25, 0.3) is 0 Å². The lowest BCUT2D eigenvalue weighted by Crippen LogP contribution is -2.49. The lowest BCUT2D eigenvalue weighted by molar-refractivity contribution is -0.187. The van der Waals surface area contributed by atoms with Crippen molar-refractivity contribution in [2.75, 3.05) is 26.2 Å². The first-order valence-corrected chi connectivity index (χ1v) is 9.34. The average Bonchev–Trinajstić information content (AvgIpc) is 3.02. The molecule has 5 nitrogen and oxygen atoms in total. The summed E-state index contributed by atoms with van der Waals surface area (Å²) in [5, 5.41) is 0. The number of carbonyl (C=O) groups excluding carboxylic acids is 1. The first kappa shape index (κ1) is 20.6. The highest BCUT2D eigenvalue weighted by atomic mass is 32.2. The van der Waals surface area contributed by atoms with Gasteiger partial charge in [-0.25, -0.2) is 12.8 Å². The fourth-order valence-corrected chi connectivity index (χ4v) is 3.75. The van der Waals surface area contributed by atoms with E-state index in [2.05, 4.69) is 0 Å². The summed E-state index contributed by atoms with van der Waals surface area (Å²) in [5.74, 6) is -2.64. The summed E-state index contributed by atoms with van der Waals surface area (Å²) in [6, 6.07) is 2.41. The number of thiol groups is 1. The Morgan fingerprint density at radius 3 is 2.58 bits per heavy atom. The number of likely N-dealkylation sites (tertiary alicyclic amines) is 1. The van der Waals surface area contributed by atoms with Gasteiger partial charge in [0.1, 0.15) is 5.82 Å². The second-order valence-corrected chi connectivity index (χ2v) is 7.11. The van der Waals surface area contributed by atoms with E-state index < -0.39 is 34.6 Å². The van der Waals surface area contributed by atoms with E-state index in [-0.39, 0.29) is 23.4 Å². The van der Waals surface area contributed by atoms with Gasteiger partial charge in [-0.05, 0) is 43.1 Å². The van der Waals surface area contributed by atoms with Crippen LogP contribution in [-0.4, -0.2) is 62.5 Å². The standard InChI is InChI=1S/C16H20F4N2O3S/c1-2-21-7-6-13(10-21)22(15(23)16(18,19)20)8-5-11-9-12(17)3-4-14(11)26(24)25/h3-4,9,13,26H,2,5-8,10H2,1H3. The lowest BCUT2D eigenvalue weighted by Gasteiger charge is -2.30. The third kappa shape index (κ3) is 4.94. The summed E-state index contributed by atoms with van der Waals surface area (Å²) in [7, 11) is -3.02. The highest BCUT2D eigenvalue weighted by molar-refractivity contribution is 7.72. The van der Waals surface area contributed by atoms with Crippen LogP contribution in [0.1, 0.15) is 18.9 Å². The molecule has 0 aromatic heterocycles. The highest BCUT2D eigenvalue weighted by Gasteiger charge is 2.45. The first-order valence-electron chi connectivity index (χ1n) is 8.16. The van der Waals surface area contributed by atoms with E-state index in [0.29, 0.717) is 26.1 Å². The van der Waals surface area contributed by atoms with E-state index in [0.717, 1.165) is 23.1 Å². The Balaban J connectivity index is 2.23. The molecule has 1 unspecified atom stereocenters. The minimum absolute atomic E-state index is 0.0615. The van der Waals surface area contributed by atoms with Crippen LogP contribution in [0, 0.1) is 5.82 Å². The predicted molar refractivity (Wildman–Crippen MR) is 87.0 cm³/mol. The predicted octanol–water partition coefficient (Wildman–Crippen LogP) is 1.82. The largest absolute Gasteiger partial charge is 0.471 e. The van der Waals surface area contributed by atoms with Crippen LogP contribution in [0.4, 0.5) is 17.6 Å². The number of alkyl halides is 3. The Morgan fingerprint density at radius 1 is 1.35 bits per heavy atom. The number of halogens is 4. The van der Waals surface area contributed by atoms with Crippen LogP contribution >= 0.6 is 0 Å². The maximum absolute atomic E-state index is 13.4. The molecule has 1 atom stereocenters. The van der Waals surface area contributed by atoms with Crippen molar-refractivity contribution in [3.8, 4) is 0 Å². The lowest BCUT2D eigenvalue weighted by atomic mass is 10.1. The Labute approximate surface area is 150 Å². The second kappa shape index (κ2) is 8.34. The van der Waals surface area contributed by atoms with Gasteiger partial charge in [0, 0.05) is 25.7 Å². The maximum Gasteiger partial charge on any atom is 0.471 e. The van der Waals surface area contributed by atoms with E-state index >= 15 is 0 Å². The highest BCUT2D eigenvalue weighted by Crippen LogP contribution is 2.25. The number of carbonyl (C=O) groups is 1. The van der Waals surface area contributed by atoms with E-state index in [1.165, 1.54) is 0 Å². The van der Waals surface area contributed by atoms with E-state index in [1.807, 2.05) is 11.8 Å². The van der Waals surface area contributed by atoms with Gasteiger partial charge in [-0.1, -0.05) is 6.92 Å². The first-order chi connectivity index (χ1) is 12.1. The van der Waals surface area contributed by atoms with Crippen LogP contribution in [0.2, 0.25) is 0 Å². The molecule has 26 heavy (non-hydrogen) atoms. The molecule has 1 amide bonds. The van der Waals surface area contributed by atoms with Crippen LogP contribution in [0.25, 0.3) is 0 Å². The number of likely N-dealkylation sites (N-methyl/N-ethyl adjacent to an activating group) is 1. The number of amides is 1. The summed E-state index contributed by atoms with van der Waals surface area (Å²) in [6.07, 6.45) is -4.80. The molecule has 1 aromatic carbocycles. The molecule has 1 fully saturated rings. The molecule has 0 spiro atoms. The molecular weight excluding hydrogens is 376 g/mol. The molecule has 0 N–H and O–H groups in total. The van der Waals surface area contributed by atoms with Crippen molar-refractivity contribution < 1.29 is 30.8 Å². The zero-order valence-electron chi connectivity index (χ0n) is 14.1. The van der Waals surface area contributed by atoms with Crippen LogP contribution < -0.4 is 0 Å². The zero-order chi connectivity index (χ0) is 19.5. The van der Waals surface area contributed by atoms with Gasteiger partial charge in [-0.3, -0.25) is 4.79 Å². The smallest absolute Gasteiger partial charge is 0.330 e. The van der Waals surface area contributed by atoms with Crippen molar-refractivity contribution in [3.05, 3.63) is 29.6 Å². The average molecular weight is 396 g/mol. The van der Waals surface area contributed by atoms with Crippen molar-refractivity contribution in [1.29, 1.82) is 0 Å². The van der Waals surface area contributed by atoms with Crippen molar-refractivity contribution in [3.63, 3.8) is 0 Å². The van der Waals surface area contributed by atoms with Crippen molar-refractivity contribution in [2.24, 2.45) is 0 Å². The molecule has 1 saturated heterocycles. The molecule has 1 aliphatic rings. The minimum Gasteiger partial charge on any atom is -0.330 e. The minimum atomic E-state index is -5.02. The molecule has 1 aliphatic heterocycles. The molecule has 2 rings (SSSR count). The Bertz CT molecular complexity index is 729. The van der Waals surface area contributed by atoms with E-state index in [4.69, 9.17) is 0 Å². The number of nitrogens with zero attached hydrogens (tertiary/aromatic N) is 2. The molecule has 1 aromatic rings. The summed E-state index contributed by atoms with van der Waals surface area (Å²) in [4.78, 5) is 14.4. The van der Waals surface area contributed by atoms with Gasteiger partial charge < -0.3 is 9.80 Å². The Kier molecular flexibility index (Phi) is 6.62. The Hall–Kier alpha value is -1.68. The van der Waals surface area contributed by atoms with Gasteiger partial charge >= 0.3 is 12.1 Å². The van der Waals surface area contributed by atoms with Crippen LogP contribution in [0.3, 0.4) is 0 Å². The molecule has 0 radical (unpaired) electrons. The van der Waals surface area contributed by atoms with Crippen molar-refractivity contribution in [1.82, 2.24) is 9.80 Å². The summed E-state index contributed by atoms with van der Waals surface area (Å²) < 4.78 is 74.8. The zero-order valence-corrected chi connectivity index (χ0v) is 15.0. The molecule has 1 heterocycles. The topological polar surface area (TPSA) is 57.7 Å². The van der Waals surface area contributed by atoms with Crippen LogP contribution in [-0.2, 0) is 21.9 Å². The number of hydrogen-bond acceptors (Lipinski definition) is 4. The number of benzene rings is 1. The normalized spacial score (nSPS) is 18.5. The van der Waals surface area contributed by atoms with Gasteiger partial charge in [0.2, 0.25) is 0 Å². The van der Waals surface area contributed by atoms with Crippen LogP contribution in [0.5, 0.6) is 0 Å². The number of rotatable bonds is 6. The molecular formula is C16H20F4N2O3S. The SMILES string of the molecule is CCN1CCC(N(CCc2cc(F)ccc2[SH](=O)=O)C(=O)C(F)(F)F)C1. The fraction of sp³-hybridized carbons (Fsp3) is 0.562. The molecule has 146 valence electrons. The van der Waals surface area contributed by atoms with Crippen molar-refractivity contribution >= 4 is 16.6 Å². The fourth-order valence-electron chi connectivity index (χ4n) is 3.14. The Morgan fingerprint density at radius 2 is 2.04 bits per heavy atom. The van der Waals surface area contributed by atoms with Gasteiger partial charge in [-0.2, -0.15) is 13.2 Å². The maximum atomic E-state index is 13.4. The third-order valence-corrected chi connectivity index (χ3v) is 5.33. The third-order valence-electron chi connectivity index (χ3n) is 4.50. The van der Waals surface area contributed by atoms with Gasteiger partial charge in [0.15, 0.2) is 10.7 Å². The van der Waals surface area contributed by atoms with Gasteiger partial charge in [0.05, 0.1) is 4.90 Å². The monoisotopic (exact) mass is 396 g/mol. The van der Waals surface area contributed by atoms with E-state index in [1.54, 1.807) is 0 Å². The quantitative estimate of drug-likeness (QED) is 0.589. The van der Waals surface area contributed by atoms with Crippen LogP contribution in [0.15, 0.2) is 23.1 Å². The summed E-state index contributed by atoms with van der Waals surface area (Å²) in [6.45, 7) is 3.11. The van der Waals surface area contributed by atoms with Crippen molar-refractivity contribution in [2.45, 2.75) is 36.9 Å². The van der Waals surface area contributed by atoms with E-state index in [9.17, 15) is 30.8 Å². The molecule has 0 saturated carbocycles. The second-order valence-electron chi connectivity index (χ2n) is 6.11. The molecule has 0 bridgehead atoms.